The molecule has 0 bridgehead atoms. The lowest BCUT2D eigenvalue weighted by molar-refractivity contribution is -0.137. The van der Waals surface area contributed by atoms with Gasteiger partial charge in [0.25, 0.3) is 0 Å². The number of ether oxygens (including phenoxy) is 1. The van der Waals surface area contributed by atoms with Gasteiger partial charge in [-0.05, 0) is 44.8 Å². The van der Waals surface area contributed by atoms with Gasteiger partial charge in [-0.1, -0.05) is 12.1 Å². The summed E-state index contributed by atoms with van der Waals surface area (Å²) in [5, 5.41) is 2.86. The van der Waals surface area contributed by atoms with Crippen LogP contribution < -0.4 is 15.0 Å². The van der Waals surface area contributed by atoms with Gasteiger partial charge in [0.2, 0.25) is 5.91 Å². The van der Waals surface area contributed by atoms with Crippen LogP contribution in [-0.4, -0.2) is 56.1 Å². The third kappa shape index (κ3) is 5.41. The van der Waals surface area contributed by atoms with Crippen LogP contribution in [0.1, 0.15) is 12.0 Å². The molecule has 0 radical (unpaired) electrons. The minimum absolute atomic E-state index is 0.132. The first-order valence-corrected chi connectivity index (χ1v) is 9.70. The average Bonchev–Trinajstić information content (AvgIpc) is 3.19. The Labute approximate surface area is 173 Å². The lowest BCUT2D eigenvalue weighted by Gasteiger charge is -2.21. The number of rotatable bonds is 7. The molecule has 0 saturated carbocycles. The lowest BCUT2D eigenvalue weighted by atomic mass is 10.1. The molecule has 1 aromatic heterocycles. The van der Waals surface area contributed by atoms with Gasteiger partial charge in [-0.2, -0.15) is 13.2 Å². The zero-order chi connectivity index (χ0) is 21.7. The number of nitrogens with one attached hydrogen (secondary N) is 1. The molecule has 0 unspecified atom stereocenters. The molecule has 1 atom stereocenters. The van der Waals surface area contributed by atoms with Gasteiger partial charge in [0.15, 0.2) is 0 Å². The monoisotopic (exact) mass is 422 g/mol. The minimum Gasteiger partial charge on any atom is -0.490 e. The number of amides is 1. The first-order chi connectivity index (χ1) is 14.3. The molecule has 9 heteroatoms. The number of anilines is 2. The van der Waals surface area contributed by atoms with Crippen molar-refractivity contribution in [2.45, 2.75) is 12.6 Å². The number of hydrogen-bond donors (Lipinski definition) is 1. The van der Waals surface area contributed by atoms with Crippen LogP contribution in [0.25, 0.3) is 0 Å². The summed E-state index contributed by atoms with van der Waals surface area (Å²) in [7, 11) is 3.88. The smallest absolute Gasteiger partial charge is 0.419 e. The van der Waals surface area contributed by atoms with Gasteiger partial charge in [-0.25, -0.2) is 4.98 Å². The van der Waals surface area contributed by atoms with Crippen molar-refractivity contribution in [3.8, 4) is 5.75 Å². The van der Waals surface area contributed by atoms with Crippen molar-refractivity contribution in [2.75, 3.05) is 50.6 Å². The standard InChI is InChI=1S/C21H25F3N4O2/c1-27(2)12-13-30-18-8-4-3-7-17(18)26-20(29)15-9-11-28(14-15)19-16(21(22,23)24)6-5-10-25-19/h3-8,10,15H,9,11-14H2,1-2H3,(H,26,29)/t15-/m0/s1. The van der Waals surface area contributed by atoms with Gasteiger partial charge in [0.1, 0.15) is 18.2 Å². The normalized spacial score (nSPS) is 16.7. The van der Waals surface area contributed by atoms with E-state index in [1.807, 2.05) is 25.1 Å². The van der Waals surface area contributed by atoms with Crippen molar-refractivity contribution in [3.63, 3.8) is 0 Å². The number of hydrogen-bond acceptors (Lipinski definition) is 5. The molecule has 1 aliphatic heterocycles. The van der Waals surface area contributed by atoms with Crippen molar-refractivity contribution < 1.29 is 22.7 Å². The third-order valence-corrected chi connectivity index (χ3v) is 4.89. The van der Waals surface area contributed by atoms with E-state index in [1.165, 1.54) is 17.2 Å². The number of alkyl halides is 3. The molecule has 6 nitrogen and oxygen atoms in total. The number of carbonyl (C=O) groups is 1. The zero-order valence-electron chi connectivity index (χ0n) is 16.9. The molecule has 1 saturated heterocycles. The quantitative estimate of drug-likeness (QED) is 0.740. The van der Waals surface area contributed by atoms with E-state index in [-0.39, 0.29) is 18.3 Å². The first kappa shape index (κ1) is 21.9. The topological polar surface area (TPSA) is 57.7 Å². The van der Waals surface area contributed by atoms with E-state index in [4.69, 9.17) is 4.74 Å². The predicted octanol–water partition coefficient (Wildman–Crippen LogP) is 3.51. The second kappa shape index (κ2) is 9.34. The largest absolute Gasteiger partial charge is 0.490 e. The molecule has 2 aromatic rings. The van der Waals surface area contributed by atoms with Crippen LogP contribution in [0.4, 0.5) is 24.7 Å². The average molecular weight is 422 g/mol. The van der Waals surface area contributed by atoms with Crippen LogP contribution in [-0.2, 0) is 11.0 Å². The summed E-state index contributed by atoms with van der Waals surface area (Å²) >= 11 is 0. The Morgan fingerprint density at radius 3 is 2.77 bits per heavy atom. The number of aromatic nitrogens is 1. The Balaban J connectivity index is 1.65. The zero-order valence-corrected chi connectivity index (χ0v) is 16.9. The SMILES string of the molecule is CN(C)CCOc1ccccc1NC(=O)[C@H]1CCN(c2ncccc2C(F)(F)F)C1. The highest BCUT2D eigenvalue weighted by molar-refractivity contribution is 5.94. The molecule has 1 amide bonds. The molecule has 1 fully saturated rings. The van der Waals surface area contributed by atoms with E-state index in [1.54, 1.807) is 18.2 Å². The van der Waals surface area contributed by atoms with Gasteiger partial charge >= 0.3 is 6.18 Å². The fourth-order valence-corrected chi connectivity index (χ4v) is 3.31. The number of para-hydroxylation sites is 2. The highest BCUT2D eigenvalue weighted by atomic mass is 19.4. The molecular formula is C21H25F3N4O2. The predicted molar refractivity (Wildman–Crippen MR) is 109 cm³/mol. The van der Waals surface area contributed by atoms with Gasteiger partial charge in [0.05, 0.1) is 17.2 Å². The van der Waals surface area contributed by atoms with Crippen molar-refractivity contribution in [1.29, 1.82) is 0 Å². The molecule has 2 heterocycles. The Kier molecular flexibility index (Phi) is 6.81. The fraction of sp³-hybridized carbons (Fsp3) is 0.429. The number of halogens is 3. The van der Waals surface area contributed by atoms with Gasteiger partial charge in [-0.3, -0.25) is 4.79 Å². The molecule has 30 heavy (non-hydrogen) atoms. The van der Waals surface area contributed by atoms with Crippen LogP contribution in [0.3, 0.4) is 0 Å². The molecule has 3 rings (SSSR count). The van der Waals surface area contributed by atoms with Crippen molar-refractivity contribution >= 4 is 17.4 Å². The number of nitrogens with zero attached hydrogens (tertiary/aromatic N) is 3. The van der Waals surface area contributed by atoms with Crippen molar-refractivity contribution in [1.82, 2.24) is 9.88 Å². The molecule has 0 aliphatic carbocycles. The van der Waals surface area contributed by atoms with E-state index in [0.29, 0.717) is 31.0 Å². The maximum atomic E-state index is 13.3. The van der Waals surface area contributed by atoms with E-state index >= 15 is 0 Å². The van der Waals surface area contributed by atoms with E-state index in [9.17, 15) is 18.0 Å². The maximum absolute atomic E-state index is 13.3. The highest BCUT2D eigenvalue weighted by Gasteiger charge is 2.38. The Morgan fingerprint density at radius 1 is 1.27 bits per heavy atom. The van der Waals surface area contributed by atoms with Crippen LogP contribution >= 0.6 is 0 Å². The van der Waals surface area contributed by atoms with Gasteiger partial charge in [-0.15, -0.1) is 0 Å². The van der Waals surface area contributed by atoms with Gasteiger partial charge in [0, 0.05) is 25.8 Å². The number of carbonyl (C=O) groups excluding carboxylic acids is 1. The number of pyridine rings is 1. The molecule has 1 aromatic carbocycles. The van der Waals surface area contributed by atoms with Crippen LogP contribution in [0.5, 0.6) is 5.75 Å². The Bertz CT molecular complexity index is 873. The van der Waals surface area contributed by atoms with Crippen molar-refractivity contribution in [2.24, 2.45) is 5.92 Å². The van der Waals surface area contributed by atoms with E-state index in [0.717, 1.165) is 12.6 Å². The molecule has 162 valence electrons. The summed E-state index contributed by atoms with van der Waals surface area (Å²) in [6.07, 6.45) is -2.71. The summed E-state index contributed by atoms with van der Waals surface area (Å²) in [6.45, 7) is 1.71. The van der Waals surface area contributed by atoms with Gasteiger partial charge < -0.3 is 19.9 Å². The second-order valence-electron chi connectivity index (χ2n) is 7.44. The van der Waals surface area contributed by atoms with Crippen LogP contribution in [0, 0.1) is 5.92 Å². The van der Waals surface area contributed by atoms with E-state index in [2.05, 4.69) is 10.3 Å². The highest BCUT2D eigenvalue weighted by Crippen LogP contribution is 2.37. The molecular weight excluding hydrogens is 397 g/mol. The maximum Gasteiger partial charge on any atom is 0.419 e. The summed E-state index contributed by atoms with van der Waals surface area (Å²) in [5.74, 6) is -0.257. The van der Waals surface area contributed by atoms with E-state index < -0.39 is 17.7 Å². The van der Waals surface area contributed by atoms with Crippen LogP contribution in [0.15, 0.2) is 42.6 Å². The Morgan fingerprint density at radius 2 is 2.03 bits per heavy atom. The summed E-state index contributed by atoms with van der Waals surface area (Å²) in [5.41, 5.74) is -0.237. The summed E-state index contributed by atoms with van der Waals surface area (Å²) < 4.78 is 45.6. The fourth-order valence-electron chi connectivity index (χ4n) is 3.31. The number of benzene rings is 1. The van der Waals surface area contributed by atoms with Crippen molar-refractivity contribution in [3.05, 3.63) is 48.2 Å². The molecule has 0 spiro atoms. The summed E-state index contributed by atoms with van der Waals surface area (Å²) in [4.78, 5) is 20.2. The first-order valence-electron chi connectivity index (χ1n) is 9.70. The number of likely N-dealkylation sites (N-methyl/N-ethyl adjacent to an activating group) is 1. The lowest BCUT2D eigenvalue weighted by Crippen LogP contribution is -2.29. The summed E-state index contributed by atoms with van der Waals surface area (Å²) in [6, 6.07) is 9.40. The minimum atomic E-state index is -4.49. The van der Waals surface area contributed by atoms with Crippen LogP contribution in [0.2, 0.25) is 0 Å². The molecule has 1 aliphatic rings. The second-order valence-corrected chi connectivity index (χ2v) is 7.44. The third-order valence-electron chi connectivity index (χ3n) is 4.89. The molecule has 1 N–H and O–H groups in total. The Hall–Kier alpha value is -2.81.